The molecule has 0 aliphatic carbocycles. The number of aromatic nitrogens is 8. The summed E-state index contributed by atoms with van der Waals surface area (Å²) >= 11 is 0. The number of imidazole rings is 2. The van der Waals surface area contributed by atoms with Crippen LogP contribution in [0, 0.1) is 0 Å². The summed E-state index contributed by atoms with van der Waals surface area (Å²) in [7, 11) is 6.28. The lowest BCUT2D eigenvalue weighted by Gasteiger charge is -2.19. The van der Waals surface area contributed by atoms with Crippen LogP contribution in [0.1, 0.15) is 24.0 Å². The minimum atomic E-state index is -0.378. The standard InChI is InChI=1S/2C18H22N6O2/c2*1-21-15-14(16(25)22(2)18(21)26)24(10-12-6-4-3-5-7-12)17(20-15)23-9-8-13(19)11-23/h2*3-7,13H,8-11,19H2,1-2H3/t13-;/m0./s1. The van der Waals surface area contributed by atoms with Gasteiger partial charge in [0.2, 0.25) is 11.9 Å². The van der Waals surface area contributed by atoms with Crippen molar-refractivity contribution in [2.45, 2.75) is 38.0 Å². The average Bonchev–Trinajstić information content (AvgIpc) is 3.95. The number of benzene rings is 2. The van der Waals surface area contributed by atoms with E-state index in [4.69, 9.17) is 11.5 Å². The Kier molecular flexibility index (Phi) is 9.18. The summed E-state index contributed by atoms with van der Waals surface area (Å²) in [6.45, 7) is 3.96. The van der Waals surface area contributed by atoms with Gasteiger partial charge in [-0.1, -0.05) is 60.7 Å². The van der Waals surface area contributed by atoms with E-state index >= 15 is 0 Å². The van der Waals surface area contributed by atoms with Crippen molar-refractivity contribution in [3.05, 3.63) is 113 Å². The number of nitrogens with two attached hydrogens (primary N) is 2. The lowest BCUT2D eigenvalue weighted by atomic mass is 10.2. The summed E-state index contributed by atoms with van der Waals surface area (Å²) in [5.41, 5.74) is 14.5. The Morgan fingerprint density at radius 3 is 1.27 bits per heavy atom. The minimum absolute atomic E-state index is 0.0895. The average molecular weight is 709 g/mol. The number of rotatable bonds is 6. The van der Waals surface area contributed by atoms with Gasteiger partial charge in [-0.25, -0.2) is 9.59 Å². The maximum absolute atomic E-state index is 12.9. The van der Waals surface area contributed by atoms with Crippen LogP contribution in [-0.4, -0.2) is 75.6 Å². The maximum atomic E-state index is 12.9. The zero-order valence-electron chi connectivity index (χ0n) is 29.8. The molecular weight excluding hydrogens is 664 g/mol. The van der Waals surface area contributed by atoms with Crippen molar-refractivity contribution in [2.75, 3.05) is 36.0 Å². The largest absolute Gasteiger partial charge is 0.341 e. The van der Waals surface area contributed by atoms with Gasteiger partial charge in [0.05, 0.1) is 13.1 Å². The van der Waals surface area contributed by atoms with Crippen molar-refractivity contribution in [2.24, 2.45) is 39.7 Å². The quantitative estimate of drug-likeness (QED) is 0.240. The first-order valence-corrected chi connectivity index (χ1v) is 17.4. The molecule has 2 atom stereocenters. The first-order chi connectivity index (χ1) is 24.9. The number of anilines is 2. The second kappa shape index (κ2) is 13.8. The summed E-state index contributed by atoms with van der Waals surface area (Å²) in [5.74, 6) is 1.38. The molecular formula is C36H44N12O4. The highest BCUT2D eigenvalue weighted by atomic mass is 16.2. The van der Waals surface area contributed by atoms with E-state index in [-0.39, 0.29) is 34.6 Å². The minimum Gasteiger partial charge on any atom is -0.341 e. The summed E-state index contributed by atoms with van der Waals surface area (Å²) in [6, 6.07) is 20.0. The number of fused-ring (bicyclic) bond motifs is 2. The molecule has 0 spiro atoms. The zero-order valence-corrected chi connectivity index (χ0v) is 29.8. The molecule has 2 saturated heterocycles. The van der Waals surface area contributed by atoms with Crippen molar-refractivity contribution in [1.82, 2.24) is 37.4 Å². The van der Waals surface area contributed by atoms with E-state index in [0.29, 0.717) is 60.4 Å². The monoisotopic (exact) mass is 708 g/mol. The van der Waals surface area contributed by atoms with Crippen LogP contribution in [0.5, 0.6) is 0 Å². The predicted molar refractivity (Wildman–Crippen MR) is 201 cm³/mol. The number of nitrogens with zero attached hydrogens (tertiary/aromatic N) is 10. The molecule has 6 heterocycles. The Morgan fingerprint density at radius 1 is 0.577 bits per heavy atom. The SMILES string of the molecule is Cn1c(=O)c2c(nc(N3CCC(N)C3)n2Cc2ccccc2)n(C)c1=O.Cn1c(=O)c2c(nc(N3CC[C@H](N)C3)n2Cc2ccccc2)n(C)c1=O. The highest BCUT2D eigenvalue weighted by Gasteiger charge is 2.29. The van der Waals surface area contributed by atoms with Crippen LogP contribution in [0.2, 0.25) is 0 Å². The van der Waals surface area contributed by atoms with E-state index in [1.54, 1.807) is 14.1 Å². The van der Waals surface area contributed by atoms with Gasteiger partial charge >= 0.3 is 11.4 Å². The van der Waals surface area contributed by atoms with Crippen molar-refractivity contribution in [1.29, 1.82) is 0 Å². The molecule has 6 aromatic rings. The van der Waals surface area contributed by atoms with E-state index < -0.39 is 0 Å². The van der Waals surface area contributed by atoms with Crippen molar-refractivity contribution >= 4 is 34.2 Å². The Morgan fingerprint density at radius 2 is 0.942 bits per heavy atom. The van der Waals surface area contributed by atoms with Crippen molar-refractivity contribution < 1.29 is 0 Å². The fraction of sp³-hybridized carbons (Fsp3) is 0.389. The Bertz CT molecular complexity index is 2330. The highest BCUT2D eigenvalue weighted by Crippen LogP contribution is 2.26. The van der Waals surface area contributed by atoms with Gasteiger partial charge < -0.3 is 21.3 Å². The molecule has 272 valence electrons. The van der Waals surface area contributed by atoms with Crippen LogP contribution in [0.15, 0.2) is 79.8 Å². The summed E-state index contributed by atoms with van der Waals surface area (Å²) in [5, 5.41) is 0. The van der Waals surface area contributed by atoms with E-state index in [0.717, 1.165) is 46.2 Å². The number of hydrogen-bond donors (Lipinski definition) is 2. The van der Waals surface area contributed by atoms with Crippen molar-refractivity contribution in [3.8, 4) is 0 Å². The molecule has 52 heavy (non-hydrogen) atoms. The van der Waals surface area contributed by atoms with Gasteiger partial charge in [-0.05, 0) is 24.0 Å². The first-order valence-electron chi connectivity index (χ1n) is 17.4. The topological polar surface area (TPSA) is 182 Å². The van der Waals surface area contributed by atoms with Gasteiger partial charge in [0.1, 0.15) is 0 Å². The highest BCUT2D eigenvalue weighted by molar-refractivity contribution is 5.76. The third kappa shape index (κ3) is 6.13. The normalized spacial score (nSPS) is 17.3. The Hall–Kier alpha value is -5.74. The zero-order chi connectivity index (χ0) is 36.8. The third-order valence-electron chi connectivity index (χ3n) is 10.0. The molecule has 0 bridgehead atoms. The number of hydrogen-bond acceptors (Lipinski definition) is 10. The second-order valence-electron chi connectivity index (χ2n) is 13.7. The molecule has 16 heteroatoms. The molecule has 2 aliphatic heterocycles. The van der Waals surface area contributed by atoms with Crippen LogP contribution in [0.4, 0.5) is 11.9 Å². The fourth-order valence-electron chi connectivity index (χ4n) is 7.12. The molecule has 1 unspecified atom stereocenters. The Balaban J connectivity index is 0.000000162. The van der Waals surface area contributed by atoms with Crippen LogP contribution in [-0.2, 0) is 41.3 Å². The Labute approximate surface area is 298 Å². The second-order valence-corrected chi connectivity index (χ2v) is 13.7. The van der Waals surface area contributed by atoms with Crippen LogP contribution >= 0.6 is 0 Å². The van der Waals surface area contributed by atoms with Gasteiger partial charge in [-0.15, -0.1) is 0 Å². The van der Waals surface area contributed by atoms with Gasteiger partial charge in [0, 0.05) is 66.5 Å². The lowest BCUT2D eigenvalue weighted by molar-refractivity contribution is 0.701. The molecule has 0 radical (unpaired) electrons. The van der Waals surface area contributed by atoms with Crippen LogP contribution in [0.3, 0.4) is 0 Å². The van der Waals surface area contributed by atoms with E-state index in [1.807, 2.05) is 69.8 Å². The molecule has 4 aromatic heterocycles. The van der Waals surface area contributed by atoms with E-state index in [1.165, 1.54) is 23.2 Å². The molecule has 16 nitrogen and oxygen atoms in total. The maximum Gasteiger partial charge on any atom is 0.332 e. The summed E-state index contributed by atoms with van der Waals surface area (Å²) in [4.78, 5) is 63.8. The van der Waals surface area contributed by atoms with E-state index in [9.17, 15) is 19.2 Å². The van der Waals surface area contributed by atoms with Crippen LogP contribution in [0.25, 0.3) is 22.3 Å². The van der Waals surface area contributed by atoms with Gasteiger partial charge in [0.15, 0.2) is 22.3 Å². The molecule has 0 saturated carbocycles. The molecule has 4 N–H and O–H groups in total. The molecule has 2 aliphatic rings. The summed E-state index contributed by atoms with van der Waals surface area (Å²) in [6.07, 6.45) is 1.76. The predicted octanol–water partition coefficient (Wildman–Crippen LogP) is 0.0388. The lowest BCUT2D eigenvalue weighted by Crippen LogP contribution is -2.37. The van der Waals surface area contributed by atoms with Gasteiger partial charge in [-0.2, -0.15) is 9.97 Å². The number of aryl methyl sites for hydroxylation is 2. The third-order valence-corrected chi connectivity index (χ3v) is 10.0. The molecule has 2 aromatic carbocycles. The van der Waals surface area contributed by atoms with Crippen LogP contribution < -0.4 is 43.8 Å². The smallest absolute Gasteiger partial charge is 0.332 e. The van der Waals surface area contributed by atoms with Crippen molar-refractivity contribution in [3.63, 3.8) is 0 Å². The molecule has 8 rings (SSSR count). The van der Waals surface area contributed by atoms with Gasteiger partial charge in [0.25, 0.3) is 11.1 Å². The molecule has 2 fully saturated rings. The van der Waals surface area contributed by atoms with E-state index in [2.05, 4.69) is 19.8 Å². The molecule has 0 amide bonds. The van der Waals surface area contributed by atoms with Gasteiger partial charge in [-0.3, -0.25) is 37.0 Å². The fourth-order valence-corrected chi connectivity index (χ4v) is 7.12. The first kappa shape index (κ1) is 34.7. The summed E-state index contributed by atoms with van der Waals surface area (Å²) < 4.78 is 8.93.